The molecule has 0 saturated carbocycles. The summed E-state index contributed by atoms with van der Waals surface area (Å²) in [5, 5.41) is 9.85. The zero-order chi connectivity index (χ0) is 10.8. The number of hydrogen-bond donors (Lipinski definition) is 2. The minimum Gasteiger partial charge on any atom is -0.375 e. The normalized spacial score (nSPS) is 14.8. The van der Waals surface area contributed by atoms with Gasteiger partial charge in [-0.3, -0.25) is 4.79 Å². The lowest BCUT2D eigenvalue weighted by Gasteiger charge is -2.23. The number of carbonyl (C=O) groups excluding carboxylic acids is 1. The van der Waals surface area contributed by atoms with Crippen LogP contribution in [0.2, 0.25) is 0 Å². The van der Waals surface area contributed by atoms with Crippen LogP contribution in [0.25, 0.3) is 0 Å². The van der Waals surface area contributed by atoms with Gasteiger partial charge in [-0.05, 0) is 24.1 Å². The molecule has 0 spiro atoms. The molecule has 0 aliphatic carbocycles. The highest BCUT2D eigenvalue weighted by atomic mass is 19.1. The number of nitrogens with two attached hydrogens (primary N) is 1. The molecule has 1 atom stereocenters. The molecule has 1 aromatic carbocycles. The molecule has 1 rings (SSSR count). The first-order valence-electron chi connectivity index (χ1n) is 4.29. The van der Waals surface area contributed by atoms with Gasteiger partial charge in [0, 0.05) is 0 Å². The molecule has 3 nitrogen and oxygen atoms in total. The van der Waals surface area contributed by atoms with Crippen molar-refractivity contribution < 1.29 is 14.3 Å². The van der Waals surface area contributed by atoms with Crippen molar-refractivity contribution in [2.45, 2.75) is 18.9 Å². The van der Waals surface area contributed by atoms with Gasteiger partial charge in [0.2, 0.25) is 0 Å². The second-order valence-electron chi connectivity index (χ2n) is 3.09. The molecule has 1 unspecified atom stereocenters. The van der Waals surface area contributed by atoms with E-state index >= 15 is 0 Å². The SMILES string of the molecule is CCC(O)(C(N)=O)c1cccc(F)c1. The van der Waals surface area contributed by atoms with Crippen molar-refractivity contribution in [1.29, 1.82) is 0 Å². The maximum atomic E-state index is 12.8. The molecule has 0 aliphatic heterocycles. The van der Waals surface area contributed by atoms with E-state index in [1.807, 2.05) is 0 Å². The van der Waals surface area contributed by atoms with Crippen molar-refractivity contribution in [3.8, 4) is 0 Å². The van der Waals surface area contributed by atoms with E-state index < -0.39 is 17.3 Å². The largest absolute Gasteiger partial charge is 0.375 e. The van der Waals surface area contributed by atoms with E-state index in [2.05, 4.69) is 0 Å². The summed E-state index contributed by atoms with van der Waals surface area (Å²) in [6.45, 7) is 1.61. The van der Waals surface area contributed by atoms with E-state index in [0.29, 0.717) is 0 Å². The van der Waals surface area contributed by atoms with Crippen LogP contribution in [-0.2, 0) is 10.4 Å². The lowest BCUT2D eigenvalue weighted by atomic mass is 9.90. The Morgan fingerprint density at radius 3 is 2.71 bits per heavy atom. The Kier molecular flexibility index (Phi) is 2.86. The monoisotopic (exact) mass is 197 g/mol. The summed E-state index contributed by atoms with van der Waals surface area (Å²) in [5.41, 5.74) is 3.46. The van der Waals surface area contributed by atoms with Gasteiger partial charge in [0.15, 0.2) is 5.60 Å². The summed E-state index contributed by atoms with van der Waals surface area (Å²) >= 11 is 0. The molecule has 0 fully saturated rings. The van der Waals surface area contributed by atoms with Crippen molar-refractivity contribution in [3.63, 3.8) is 0 Å². The molecule has 1 aromatic rings. The van der Waals surface area contributed by atoms with Gasteiger partial charge in [0.05, 0.1) is 0 Å². The summed E-state index contributed by atoms with van der Waals surface area (Å²) in [6.07, 6.45) is 0.117. The van der Waals surface area contributed by atoms with Crippen LogP contribution in [0.4, 0.5) is 4.39 Å². The fourth-order valence-corrected chi connectivity index (χ4v) is 1.27. The fourth-order valence-electron chi connectivity index (χ4n) is 1.27. The third-order valence-electron chi connectivity index (χ3n) is 2.22. The van der Waals surface area contributed by atoms with Crippen LogP contribution >= 0.6 is 0 Å². The van der Waals surface area contributed by atoms with E-state index in [1.54, 1.807) is 6.92 Å². The van der Waals surface area contributed by atoms with E-state index in [9.17, 15) is 14.3 Å². The lowest BCUT2D eigenvalue weighted by molar-refractivity contribution is -0.137. The Bertz CT molecular complexity index is 354. The Morgan fingerprint density at radius 1 is 1.64 bits per heavy atom. The predicted octanol–water partition coefficient (Wildman–Crippen LogP) is 0.909. The number of carbonyl (C=O) groups is 1. The zero-order valence-electron chi connectivity index (χ0n) is 7.83. The van der Waals surface area contributed by atoms with Crippen LogP contribution in [0.1, 0.15) is 18.9 Å². The highest BCUT2D eigenvalue weighted by Crippen LogP contribution is 2.24. The maximum absolute atomic E-state index is 12.8. The van der Waals surface area contributed by atoms with E-state index in [4.69, 9.17) is 5.73 Å². The molecule has 14 heavy (non-hydrogen) atoms. The van der Waals surface area contributed by atoms with Gasteiger partial charge in [-0.15, -0.1) is 0 Å². The quantitative estimate of drug-likeness (QED) is 0.756. The summed E-state index contributed by atoms with van der Waals surface area (Å²) in [7, 11) is 0. The standard InChI is InChI=1S/C10H12FNO2/c1-2-10(14,9(12)13)7-4-3-5-8(11)6-7/h3-6,14H,2H2,1H3,(H2,12,13). The summed E-state index contributed by atoms with van der Waals surface area (Å²) in [4.78, 5) is 11.0. The smallest absolute Gasteiger partial charge is 0.254 e. The minimum absolute atomic E-state index is 0.117. The number of primary amides is 1. The Hall–Kier alpha value is -1.42. The van der Waals surface area contributed by atoms with Gasteiger partial charge in [-0.25, -0.2) is 4.39 Å². The highest BCUT2D eigenvalue weighted by molar-refractivity contribution is 5.84. The first-order chi connectivity index (χ1) is 6.50. The van der Waals surface area contributed by atoms with Crippen LogP contribution < -0.4 is 5.73 Å². The molecule has 3 N–H and O–H groups in total. The number of amides is 1. The molecule has 1 amide bonds. The Balaban J connectivity index is 3.19. The molecule has 0 aromatic heterocycles. The molecule has 0 bridgehead atoms. The molecular weight excluding hydrogens is 185 g/mol. The highest BCUT2D eigenvalue weighted by Gasteiger charge is 2.33. The number of aliphatic hydroxyl groups is 1. The van der Waals surface area contributed by atoms with E-state index in [1.165, 1.54) is 18.2 Å². The minimum atomic E-state index is -1.78. The zero-order valence-corrected chi connectivity index (χ0v) is 7.83. The van der Waals surface area contributed by atoms with Crippen LogP contribution in [0.5, 0.6) is 0 Å². The summed E-state index contributed by atoms with van der Waals surface area (Å²) < 4.78 is 12.8. The fraction of sp³-hybridized carbons (Fsp3) is 0.300. The number of benzene rings is 1. The van der Waals surface area contributed by atoms with Gasteiger partial charge < -0.3 is 10.8 Å². The third-order valence-corrected chi connectivity index (χ3v) is 2.22. The summed E-state index contributed by atoms with van der Waals surface area (Å²) in [5.74, 6) is -1.37. The average Bonchev–Trinajstić information content (AvgIpc) is 2.16. The van der Waals surface area contributed by atoms with Crippen LogP contribution in [-0.4, -0.2) is 11.0 Å². The van der Waals surface area contributed by atoms with Crippen molar-refractivity contribution in [1.82, 2.24) is 0 Å². The molecule has 0 saturated heterocycles. The topological polar surface area (TPSA) is 63.3 Å². The van der Waals surface area contributed by atoms with E-state index in [-0.39, 0.29) is 12.0 Å². The van der Waals surface area contributed by atoms with Crippen LogP contribution in [0.15, 0.2) is 24.3 Å². The number of halogens is 1. The number of rotatable bonds is 3. The first kappa shape index (κ1) is 10.7. The van der Waals surface area contributed by atoms with Gasteiger partial charge in [-0.2, -0.15) is 0 Å². The number of hydrogen-bond acceptors (Lipinski definition) is 2. The molecule has 4 heteroatoms. The van der Waals surface area contributed by atoms with Gasteiger partial charge >= 0.3 is 0 Å². The van der Waals surface area contributed by atoms with Crippen LogP contribution in [0.3, 0.4) is 0 Å². The maximum Gasteiger partial charge on any atom is 0.254 e. The van der Waals surface area contributed by atoms with E-state index in [0.717, 1.165) is 6.07 Å². The molecule has 0 radical (unpaired) electrons. The Morgan fingerprint density at radius 2 is 2.29 bits per heavy atom. The molecular formula is C10H12FNO2. The molecule has 0 heterocycles. The first-order valence-corrected chi connectivity index (χ1v) is 4.29. The van der Waals surface area contributed by atoms with Crippen molar-refractivity contribution in [2.75, 3.05) is 0 Å². The molecule has 0 aliphatic rings. The van der Waals surface area contributed by atoms with Crippen LogP contribution in [0, 0.1) is 5.82 Å². The van der Waals surface area contributed by atoms with Crippen molar-refractivity contribution in [2.24, 2.45) is 5.73 Å². The van der Waals surface area contributed by atoms with Gasteiger partial charge in [0.1, 0.15) is 5.82 Å². The second kappa shape index (κ2) is 3.75. The Labute approximate surface area is 81.4 Å². The predicted molar refractivity (Wildman–Crippen MR) is 49.8 cm³/mol. The summed E-state index contributed by atoms with van der Waals surface area (Å²) in [6, 6.07) is 5.24. The van der Waals surface area contributed by atoms with Crippen molar-refractivity contribution >= 4 is 5.91 Å². The van der Waals surface area contributed by atoms with Crippen molar-refractivity contribution in [3.05, 3.63) is 35.6 Å². The van der Waals surface area contributed by atoms with Gasteiger partial charge in [-0.1, -0.05) is 19.1 Å². The third kappa shape index (κ3) is 1.75. The lowest BCUT2D eigenvalue weighted by Crippen LogP contribution is -2.40. The second-order valence-corrected chi connectivity index (χ2v) is 3.09. The molecule has 76 valence electrons. The van der Waals surface area contributed by atoms with Gasteiger partial charge in [0.25, 0.3) is 5.91 Å². The average molecular weight is 197 g/mol.